The van der Waals surface area contributed by atoms with Gasteiger partial charge in [0, 0.05) is 17.9 Å². The molecule has 0 heterocycles. The van der Waals surface area contributed by atoms with Crippen molar-refractivity contribution in [3.05, 3.63) is 0 Å². The Morgan fingerprint density at radius 2 is 0.373 bits per heavy atom. The molecule has 51 heavy (non-hydrogen) atoms. The van der Waals surface area contributed by atoms with Crippen LogP contribution in [0, 0.1) is 0 Å². The van der Waals surface area contributed by atoms with Crippen LogP contribution in [0.1, 0.15) is 252 Å². The summed E-state index contributed by atoms with van der Waals surface area (Å²) >= 11 is 0. The topological polar surface area (TPSA) is 120 Å². The van der Waals surface area contributed by atoms with Gasteiger partial charge < -0.3 is 29.7 Å². The molecule has 288 valence electrons. The van der Waals surface area contributed by atoms with Crippen LogP contribution in [0.3, 0.4) is 0 Å². The van der Waals surface area contributed by atoms with E-state index in [2.05, 4.69) is 20.8 Å². The van der Waals surface area contributed by atoms with Gasteiger partial charge in [0.15, 0.2) is 0 Å². The van der Waals surface area contributed by atoms with Gasteiger partial charge in [-0.25, -0.2) is 0 Å². The first-order chi connectivity index (χ1) is 23.3. The zero-order valence-electron chi connectivity index (χ0n) is 35.4. The number of hydrogen-bond donors (Lipinski definition) is 0. The van der Waals surface area contributed by atoms with Crippen molar-refractivity contribution in [1.29, 1.82) is 0 Å². The first-order valence-electron chi connectivity index (χ1n) is 20.9. The second kappa shape index (κ2) is 62.5. The largest absolute Gasteiger partial charge is 1.00 e. The molecule has 0 amide bonds. The molecule has 6 nitrogen and oxygen atoms in total. The van der Waals surface area contributed by atoms with Crippen molar-refractivity contribution >= 4 is 17.9 Å². The Labute approximate surface area is 445 Å². The Hall–Kier alpha value is 3.32. The summed E-state index contributed by atoms with van der Waals surface area (Å²) in [6.45, 7) is 6.72. The van der Waals surface area contributed by atoms with Crippen LogP contribution >= 0.6 is 0 Å². The zero-order chi connectivity index (χ0) is 36.2. The minimum absolute atomic E-state index is 0. The number of carbonyl (C=O) groups is 3. The molecule has 0 N–H and O–H groups in total. The Kier molecular flexibility index (Phi) is 81.1. The SMILES string of the molecule is CCCCCCCCCCCC(=O)[O-].CCCCCCCCCCCCCC(=O)[O-].CCCCCCCCCCCCCCCC(=O)[O-].[K+].[K+].[K+]. The molecule has 0 unspecified atom stereocenters. The molecule has 0 saturated heterocycles. The third-order valence-electron chi connectivity index (χ3n) is 8.95. The van der Waals surface area contributed by atoms with Crippen LogP contribution in [0.25, 0.3) is 0 Å². The summed E-state index contributed by atoms with van der Waals surface area (Å²) in [5.74, 6) is -2.72. The van der Waals surface area contributed by atoms with E-state index in [1.165, 1.54) is 173 Å². The predicted octanol–water partition coefficient (Wildman–Crippen LogP) is 1.32. The molecule has 0 rings (SSSR count). The van der Waals surface area contributed by atoms with E-state index in [4.69, 9.17) is 0 Å². The molecule has 0 aromatic rings. The molecule has 0 bridgehead atoms. The van der Waals surface area contributed by atoms with E-state index in [9.17, 15) is 29.7 Å². The molecule has 9 heteroatoms. The van der Waals surface area contributed by atoms with Gasteiger partial charge in [0.2, 0.25) is 0 Å². The maximum Gasteiger partial charge on any atom is 1.00 e. The molecule has 0 spiro atoms. The van der Waals surface area contributed by atoms with Crippen molar-refractivity contribution in [3.63, 3.8) is 0 Å². The third-order valence-corrected chi connectivity index (χ3v) is 8.95. The maximum absolute atomic E-state index is 10.2. The monoisotopic (exact) mass is 798 g/mol. The van der Waals surface area contributed by atoms with Crippen LogP contribution < -0.4 is 169 Å². The molecule has 0 aromatic carbocycles. The molecule has 0 aliphatic carbocycles. The average Bonchev–Trinajstić information content (AvgIpc) is 3.05. The summed E-state index contributed by atoms with van der Waals surface area (Å²) in [5.41, 5.74) is 0. The summed E-state index contributed by atoms with van der Waals surface area (Å²) < 4.78 is 0. The van der Waals surface area contributed by atoms with E-state index in [1.807, 2.05) is 0 Å². The Balaban J connectivity index is -0.000000146. The minimum atomic E-state index is -0.909. The van der Waals surface area contributed by atoms with Crippen LogP contribution in [-0.2, 0) is 14.4 Å². The van der Waals surface area contributed by atoms with Crippen LogP contribution in [0.4, 0.5) is 0 Å². The molecule has 0 aliphatic heterocycles. The molecule has 0 saturated carbocycles. The maximum atomic E-state index is 10.2. The molecular weight excluding hydrogens is 718 g/mol. The molecule has 0 aromatic heterocycles. The summed E-state index contributed by atoms with van der Waals surface area (Å²) in [7, 11) is 0. The van der Waals surface area contributed by atoms with E-state index < -0.39 is 17.9 Å². The smallest absolute Gasteiger partial charge is 0.550 e. The van der Waals surface area contributed by atoms with Gasteiger partial charge in [-0.1, -0.05) is 213 Å². The fourth-order valence-electron chi connectivity index (χ4n) is 5.80. The van der Waals surface area contributed by atoms with E-state index in [-0.39, 0.29) is 173 Å². The van der Waals surface area contributed by atoms with Crippen LogP contribution in [0.15, 0.2) is 0 Å². The first kappa shape index (κ1) is 66.1. The number of unbranched alkanes of at least 4 members (excludes halogenated alkanes) is 30. The molecule has 0 atom stereocenters. The second-order valence-electron chi connectivity index (χ2n) is 14.0. The van der Waals surface area contributed by atoms with Crippen LogP contribution in [0.5, 0.6) is 0 Å². The molecule has 0 radical (unpaired) electrons. The number of aliphatic carboxylic acids is 3. The fraction of sp³-hybridized carbons (Fsp3) is 0.929. The van der Waals surface area contributed by atoms with Crippen molar-refractivity contribution in [1.82, 2.24) is 0 Å². The number of hydrogen-bond acceptors (Lipinski definition) is 6. The number of carboxylic acids is 3. The number of carboxylic acid groups (broad SMARTS) is 3. The van der Waals surface area contributed by atoms with E-state index in [0.717, 1.165) is 38.5 Å². The van der Waals surface area contributed by atoms with Crippen molar-refractivity contribution < 1.29 is 184 Å². The van der Waals surface area contributed by atoms with Gasteiger partial charge in [0.1, 0.15) is 0 Å². The van der Waals surface area contributed by atoms with Gasteiger partial charge in [-0.05, 0) is 38.5 Å². The van der Waals surface area contributed by atoms with E-state index >= 15 is 0 Å². The number of carbonyl (C=O) groups excluding carboxylic acids is 3. The summed E-state index contributed by atoms with van der Waals surface area (Å²) in [6, 6.07) is 0. The van der Waals surface area contributed by atoms with Gasteiger partial charge in [-0.2, -0.15) is 0 Å². The van der Waals surface area contributed by atoms with Gasteiger partial charge in [0.25, 0.3) is 0 Å². The Morgan fingerprint density at radius 3 is 0.490 bits per heavy atom. The standard InChI is InChI=1S/C16H32O2.C14H28O2.C12H24O2.3K/c1-2-3-4-5-6-7-8-9-10-11-12-13-14-15-16(17)18;1-2-3-4-5-6-7-8-9-10-11-12-13-14(15)16;1-2-3-4-5-6-7-8-9-10-11-12(13)14;;;/h2-15H2,1H3,(H,17,18);2-13H2,1H3,(H,15,16);2-11H2,1H3,(H,13,14);;;/q;;;3*+1/p-3. The normalized spacial score (nSPS) is 9.94. The summed E-state index contributed by atoms with van der Waals surface area (Å²) in [4.78, 5) is 30.4. The molecule has 0 aliphatic rings. The van der Waals surface area contributed by atoms with Gasteiger partial charge >= 0.3 is 154 Å². The molecular formula is C42H81K3O6. The quantitative estimate of drug-likeness (QED) is 0.0698. The Bertz CT molecular complexity index is 652. The average molecular weight is 799 g/mol. The second-order valence-corrected chi connectivity index (χ2v) is 14.0. The van der Waals surface area contributed by atoms with E-state index in [1.54, 1.807) is 0 Å². The summed E-state index contributed by atoms with van der Waals surface area (Å²) in [6.07, 6.45) is 42.1. The van der Waals surface area contributed by atoms with Gasteiger partial charge in [0.05, 0.1) is 0 Å². The summed E-state index contributed by atoms with van der Waals surface area (Å²) in [5, 5.41) is 30.4. The number of rotatable bonds is 36. The van der Waals surface area contributed by atoms with Crippen molar-refractivity contribution in [3.8, 4) is 0 Å². The first-order valence-corrected chi connectivity index (χ1v) is 20.9. The third kappa shape index (κ3) is 78.4. The van der Waals surface area contributed by atoms with Crippen LogP contribution in [-0.4, -0.2) is 17.9 Å². The Morgan fingerprint density at radius 1 is 0.255 bits per heavy atom. The van der Waals surface area contributed by atoms with Crippen molar-refractivity contribution in [2.24, 2.45) is 0 Å². The van der Waals surface area contributed by atoms with Gasteiger partial charge in [-0.15, -0.1) is 0 Å². The van der Waals surface area contributed by atoms with Crippen LogP contribution in [0.2, 0.25) is 0 Å². The zero-order valence-corrected chi connectivity index (χ0v) is 44.8. The van der Waals surface area contributed by atoms with Gasteiger partial charge in [-0.3, -0.25) is 0 Å². The fourth-order valence-corrected chi connectivity index (χ4v) is 5.80. The van der Waals surface area contributed by atoms with Crippen molar-refractivity contribution in [2.45, 2.75) is 252 Å². The van der Waals surface area contributed by atoms with Crippen molar-refractivity contribution in [2.75, 3.05) is 0 Å². The van der Waals surface area contributed by atoms with E-state index in [0.29, 0.717) is 0 Å². The minimum Gasteiger partial charge on any atom is -0.550 e. The predicted molar refractivity (Wildman–Crippen MR) is 198 cm³/mol. The molecule has 0 fully saturated rings.